The van der Waals surface area contributed by atoms with E-state index in [1.807, 2.05) is 31.2 Å². The molecule has 1 aromatic heterocycles. The third-order valence-electron chi connectivity index (χ3n) is 4.48. The molecular weight excluding hydrogens is 434 g/mol. The van der Waals surface area contributed by atoms with Gasteiger partial charge in [0.2, 0.25) is 5.88 Å². The Hall–Kier alpha value is -3.56. The van der Waals surface area contributed by atoms with Gasteiger partial charge in [-0.3, -0.25) is 19.8 Å². The second-order valence-electron chi connectivity index (χ2n) is 6.59. The predicted molar refractivity (Wildman–Crippen MR) is 124 cm³/mol. The minimum Gasteiger partial charge on any atom is -0.439 e. The molecule has 0 spiro atoms. The van der Waals surface area contributed by atoms with Crippen molar-refractivity contribution in [1.82, 2.24) is 4.98 Å². The summed E-state index contributed by atoms with van der Waals surface area (Å²) >= 11 is 6.69. The van der Waals surface area contributed by atoms with E-state index in [9.17, 15) is 14.9 Å². The summed E-state index contributed by atoms with van der Waals surface area (Å²) in [5.41, 5.74) is 2.47. The molecule has 0 unspecified atom stereocenters. The standard InChI is InChI=1S/C22H15N3O4S2/c1-14-4-2-3-5-18(14)24-21(26)19(31-22(24)30)12-15-6-9-17(10-7-15)29-20-11-8-16(13-23-20)25(27)28/h2-13H,1H3/b19-12-. The topological polar surface area (TPSA) is 85.6 Å². The number of anilines is 1. The highest BCUT2D eigenvalue weighted by Crippen LogP contribution is 2.37. The normalized spacial score (nSPS) is 14.9. The number of rotatable bonds is 5. The number of carbonyl (C=O) groups excluding carboxylic acids is 1. The Morgan fingerprint density at radius 2 is 1.87 bits per heavy atom. The minimum absolute atomic E-state index is 0.106. The lowest BCUT2D eigenvalue weighted by Crippen LogP contribution is -2.28. The number of aromatic nitrogens is 1. The van der Waals surface area contributed by atoms with Crippen LogP contribution in [-0.2, 0) is 4.79 Å². The predicted octanol–water partition coefficient (Wildman–Crippen LogP) is 5.50. The Bertz CT molecular complexity index is 1210. The maximum Gasteiger partial charge on any atom is 0.287 e. The number of carbonyl (C=O) groups is 1. The van der Waals surface area contributed by atoms with E-state index in [0.717, 1.165) is 23.0 Å². The number of ether oxygens (including phenoxy) is 1. The van der Waals surface area contributed by atoms with Gasteiger partial charge in [-0.25, -0.2) is 4.98 Å². The molecule has 0 aliphatic carbocycles. The van der Waals surface area contributed by atoms with Crippen LogP contribution in [0.3, 0.4) is 0 Å². The van der Waals surface area contributed by atoms with Crippen molar-refractivity contribution in [2.24, 2.45) is 0 Å². The van der Waals surface area contributed by atoms with Crippen LogP contribution in [0.4, 0.5) is 11.4 Å². The Morgan fingerprint density at radius 3 is 2.52 bits per heavy atom. The summed E-state index contributed by atoms with van der Waals surface area (Å²) in [6.07, 6.45) is 2.92. The van der Waals surface area contributed by atoms with Gasteiger partial charge < -0.3 is 4.74 Å². The number of thiocarbonyl (C=S) groups is 1. The highest BCUT2D eigenvalue weighted by atomic mass is 32.2. The van der Waals surface area contributed by atoms with E-state index in [1.54, 1.807) is 35.2 Å². The maximum atomic E-state index is 12.9. The second kappa shape index (κ2) is 8.66. The molecule has 1 aliphatic rings. The maximum absolute atomic E-state index is 12.9. The van der Waals surface area contributed by atoms with Crippen LogP contribution in [0, 0.1) is 17.0 Å². The molecule has 2 aromatic carbocycles. The average molecular weight is 450 g/mol. The number of pyridine rings is 1. The van der Waals surface area contributed by atoms with Crippen molar-refractivity contribution in [3.8, 4) is 11.6 Å². The molecule has 0 bridgehead atoms. The molecule has 3 aromatic rings. The van der Waals surface area contributed by atoms with Gasteiger partial charge in [-0.15, -0.1) is 0 Å². The molecule has 0 N–H and O–H groups in total. The van der Waals surface area contributed by atoms with E-state index in [0.29, 0.717) is 15.0 Å². The fourth-order valence-corrected chi connectivity index (χ4v) is 4.22. The molecule has 31 heavy (non-hydrogen) atoms. The van der Waals surface area contributed by atoms with Crippen LogP contribution >= 0.6 is 24.0 Å². The van der Waals surface area contributed by atoms with Crippen LogP contribution in [0.1, 0.15) is 11.1 Å². The zero-order valence-electron chi connectivity index (χ0n) is 16.2. The highest BCUT2D eigenvalue weighted by Gasteiger charge is 2.33. The molecule has 4 rings (SSSR count). The number of nitrogens with zero attached hydrogens (tertiary/aromatic N) is 3. The number of thioether (sulfide) groups is 1. The first kappa shape index (κ1) is 20.7. The molecule has 1 saturated heterocycles. The summed E-state index contributed by atoms with van der Waals surface area (Å²) in [6.45, 7) is 1.94. The molecule has 0 atom stereocenters. The van der Waals surface area contributed by atoms with Gasteiger partial charge in [0.05, 0.1) is 15.5 Å². The first-order chi connectivity index (χ1) is 14.9. The van der Waals surface area contributed by atoms with Gasteiger partial charge in [0.25, 0.3) is 11.6 Å². The number of hydrogen-bond donors (Lipinski definition) is 0. The molecule has 154 valence electrons. The van der Waals surface area contributed by atoms with Crippen molar-refractivity contribution in [2.45, 2.75) is 6.92 Å². The molecule has 7 nitrogen and oxygen atoms in total. The van der Waals surface area contributed by atoms with Crippen molar-refractivity contribution < 1.29 is 14.5 Å². The summed E-state index contributed by atoms with van der Waals surface area (Å²) in [5.74, 6) is 0.614. The van der Waals surface area contributed by atoms with Crippen molar-refractivity contribution in [3.05, 3.63) is 93.0 Å². The van der Waals surface area contributed by atoms with Gasteiger partial charge in [0.15, 0.2) is 4.32 Å². The van der Waals surface area contributed by atoms with Gasteiger partial charge in [-0.1, -0.05) is 54.3 Å². The molecular formula is C22H15N3O4S2. The number of hydrogen-bond acceptors (Lipinski definition) is 7. The van der Waals surface area contributed by atoms with Crippen LogP contribution in [-0.4, -0.2) is 20.1 Å². The van der Waals surface area contributed by atoms with Gasteiger partial charge >= 0.3 is 0 Å². The Kier molecular flexibility index (Phi) is 5.79. The fraction of sp³-hybridized carbons (Fsp3) is 0.0455. The van der Waals surface area contributed by atoms with Gasteiger partial charge in [-0.2, -0.15) is 0 Å². The molecule has 0 radical (unpaired) electrons. The summed E-state index contributed by atoms with van der Waals surface area (Å²) in [4.78, 5) is 29.1. The first-order valence-corrected chi connectivity index (χ1v) is 10.4. The quantitative estimate of drug-likeness (QED) is 0.220. The second-order valence-corrected chi connectivity index (χ2v) is 8.26. The summed E-state index contributed by atoms with van der Waals surface area (Å²) < 4.78 is 6.10. The third kappa shape index (κ3) is 4.47. The summed E-state index contributed by atoms with van der Waals surface area (Å²) in [7, 11) is 0. The van der Waals surface area contributed by atoms with E-state index in [2.05, 4.69) is 4.98 Å². The van der Waals surface area contributed by atoms with E-state index in [1.165, 1.54) is 23.9 Å². The van der Waals surface area contributed by atoms with Crippen molar-refractivity contribution in [3.63, 3.8) is 0 Å². The lowest BCUT2D eigenvalue weighted by molar-refractivity contribution is -0.385. The number of nitro groups is 1. The number of para-hydroxylation sites is 1. The largest absolute Gasteiger partial charge is 0.439 e. The van der Waals surface area contributed by atoms with Crippen LogP contribution < -0.4 is 9.64 Å². The minimum atomic E-state index is -0.521. The lowest BCUT2D eigenvalue weighted by Gasteiger charge is -2.16. The van der Waals surface area contributed by atoms with E-state index in [4.69, 9.17) is 17.0 Å². The fourth-order valence-electron chi connectivity index (χ4n) is 2.93. The molecule has 1 fully saturated rings. The zero-order chi connectivity index (χ0) is 22.0. The van der Waals surface area contributed by atoms with Crippen LogP contribution in [0.2, 0.25) is 0 Å². The van der Waals surface area contributed by atoms with Crippen LogP contribution in [0.5, 0.6) is 11.6 Å². The van der Waals surface area contributed by atoms with Crippen LogP contribution in [0.15, 0.2) is 71.8 Å². The van der Waals surface area contributed by atoms with Crippen molar-refractivity contribution in [1.29, 1.82) is 0 Å². The Balaban J connectivity index is 1.49. The lowest BCUT2D eigenvalue weighted by atomic mass is 10.1. The molecule has 2 heterocycles. The van der Waals surface area contributed by atoms with E-state index in [-0.39, 0.29) is 17.5 Å². The number of aryl methyl sites for hydroxylation is 1. The van der Waals surface area contributed by atoms with Gasteiger partial charge in [-0.05, 0) is 42.3 Å². The molecule has 1 aliphatic heterocycles. The van der Waals surface area contributed by atoms with Crippen molar-refractivity contribution in [2.75, 3.05) is 4.90 Å². The van der Waals surface area contributed by atoms with Crippen molar-refractivity contribution >= 4 is 51.7 Å². The summed E-state index contributed by atoms with van der Waals surface area (Å²) in [5, 5.41) is 10.7. The SMILES string of the molecule is Cc1ccccc1N1C(=O)/C(=C/c2ccc(Oc3ccc([N+](=O)[O-])cn3)cc2)SC1=S. The van der Waals surface area contributed by atoms with Gasteiger partial charge in [0, 0.05) is 12.1 Å². The zero-order valence-corrected chi connectivity index (χ0v) is 17.9. The first-order valence-electron chi connectivity index (χ1n) is 9.14. The Morgan fingerprint density at radius 1 is 1.13 bits per heavy atom. The number of benzene rings is 2. The monoisotopic (exact) mass is 449 g/mol. The summed E-state index contributed by atoms with van der Waals surface area (Å²) in [6, 6.07) is 17.5. The average Bonchev–Trinajstić information content (AvgIpc) is 3.03. The van der Waals surface area contributed by atoms with E-state index >= 15 is 0 Å². The van der Waals surface area contributed by atoms with E-state index < -0.39 is 4.92 Å². The third-order valence-corrected chi connectivity index (χ3v) is 5.78. The smallest absolute Gasteiger partial charge is 0.287 e. The number of amides is 1. The molecule has 9 heteroatoms. The highest BCUT2D eigenvalue weighted by molar-refractivity contribution is 8.27. The molecule has 0 saturated carbocycles. The van der Waals surface area contributed by atoms with Crippen LogP contribution in [0.25, 0.3) is 6.08 Å². The van der Waals surface area contributed by atoms with Gasteiger partial charge in [0.1, 0.15) is 11.9 Å². The molecule has 1 amide bonds. The Labute approximate surface area is 187 Å².